The van der Waals surface area contributed by atoms with Crippen LogP contribution < -0.4 is 10.1 Å². The first-order valence-electron chi connectivity index (χ1n) is 5.82. The zero-order chi connectivity index (χ0) is 14.4. The van der Waals surface area contributed by atoms with Gasteiger partial charge in [0.25, 0.3) is 0 Å². The molecule has 0 aromatic carbocycles. The van der Waals surface area contributed by atoms with Gasteiger partial charge in [-0.15, -0.1) is 0 Å². The Balaban J connectivity index is 1.85. The summed E-state index contributed by atoms with van der Waals surface area (Å²) in [5, 5.41) is 3.06. The van der Waals surface area contributed by atoms with Gasteiger partial charge >= 0.3 is 6.18 Å². The molecular weight excluding hydrogens is 271 g/mol. The molecule has 0 radical (unpaired) electrons. The monoisotopic (exact) mass is 283 g/mol. The van der Waals surface area contributed by atoms with Gasteiger partial charge in [0.2, 0.25) is 5.88 Å². The lowest BCUT2D eigenvalue weighted by atomic mass is 10.3. The Kier molecular flexibility index (Phi) is 4.39. The predicted molar refractivity (Wildman–Crippen MR) is 67.4 cm³/mol. The molecule has 106 valence electrons. The van der Waals surface area contributed by atoms with Crippen LogP contribution in [0, 0.1) is 0 Å². The Morgan fingerprint density at radius 3 is 2.55 bits per heavy atom. The number of nitrogens with zero attached hydrogens (tertiary/aromatic N) is 2. The summed E-state index contributed by atoms with van der Waals surface area (Å²) in [6.07, 6.45) is -1.27. The molecule has 0 aliphatic rings. The highest BCUT2D eigenvalue weighted by molar-refractivity contribution is 5.42. The first-order valence-corrected chi connectivity index (χ1v) is 5.82. The van der Waals surface area contributed by atoms with Gasteiger partial charge in [-0.3, -0.25) is 4.98 Å². The minimum atomic E-state index is -4.36. The van der Waals surface area contributed by atoms with Crippen LogP contribution in [0.5, 0.6) is 5.88 Å². The molecule has 0 saturated carbocycles. The van der Waals surface area contributed by atoms with E-state index in [1.807, 2.05) is 18.2 Å². The minimum absolute atomic E-state index is 0.0642. The zero-order valence-electron chi connectivity index (χ0n) is 10.4. The molecule has 0 saturated heterocycles. The van der Waals surface area contributed by atoms with Crippen LogP contribution in [0.3, 0.4) is 0 Å². The van der Waals surface area contributed by atoms with Crippen LogP contribution in [0.25, 0.3) is 0 Å². The van der Waals surface area contributed by atoms with E-state index in [9.17, 15) is 13.2 Å². The fourth-order valence-corrected chi connectivity index (χ4v) is 1.42. The summed E-state index contributed by atoms with van der Waals surface area (Å²) in [6.45, 7) is -0.841. The average Bonchev–Trinajstić information content (AvgIpc) is 2.44. The maximum absolute atomic E-state index is 12.0. The van der Waals surface area contributed by atoms with E-state index >= 15 is 0 Å². The summed E-state index contributed by atoms with van der Waals surface area (Å²) in [4.78, 5) is 7.92. The number of ether oxygens (including phenoxy) is 1. The van der Waals surface area contributed by atoms with Crippen molar-refractivity contribution in [2.45, 2.75) is 12.7 Å². The third-order valence-electron chi connectivity index (χ3n) is 2.32. The molecule has 2 aromatic heterocycles. The highest BCUT2D eigenvalue weighted by atomic mass is 19.4. The van der Waals surface area contributed by atoms with Crippen molar-refractivity contribution in [1.29, 1.82) is 0 Å². The summed E-state index contributed by atoms with van der Waals surface area (Å²) in [5.74, 6) is -0.0642. The van der Waals surface area contributed by atoms with E-state index < -0.39 is 12.8 Å². The van der Waals surface area contributed by atoms with Crippen molar-refractivity contribution in [3.8, 4) is 5.88 Å². The van der Waals surface area contributed by atoms with Crippen LogP contribution >= 0.6 is 0 Å². The molecule has 4 nitrogen and oxygen atoms in total. The molecule has 0 atom stereocenters. The molecule has 7 heteroatoms. The highest BCUT2D eigenvalue weighted by Gasteiger charge is 2.28. The van der Waals surface area contributed by atoms with Gasteiger partial charge in [0.05, 0.1) is 24.1 Å². The lowest BCUT2D eigenvalue weighted by Crippen LogP contribution is -2.19. The van der Waals surface area contributed by atoms with E-state index in [1.165, 1.54) is 12.3 Å². The smallest absolute Gasteiger partial charge is 0.422 e. The number of anilines is 1. The van der Waals surface area contributed by atoms with Crippen LogP contribution in [0.4, 0.5) is 18.9 Å². The molecule has 0 unspecified atom stereocenters. The Morgan fingerprint density at radius 2 is 1.95 bits per heavy atom. The van der Waals surface area contributed by atoms with E-state index in [-0.39, 0.29) is 5.88 Å². The summed E-state index contributed by atoms with van der Waals surface area (Å²) < 4.78 is 40.4. The third kappa shape index (κ3) is 4.75. The van der Waals surface area contributed by atoms with Gasteiger partial charge in [0.15, 0.2) is 6.61 Å². The van der Waals surface area contributed by atoms with E-state index in [0.717, 1.165) is 5.69 Å². The number of halogens is 3. The van der Waals surface area contributed by atoms with Gasteiger partial charge < -0.3 is 10.1 Å². The van der Waals surface area contributed by atoms with Crippen molar-refractivity contribution in [3.05, 3.63) is 48.4 Å². The minimum Gasteiger partial charge on any atom is -0.468 e. The largest absolute Gasteiger partial charge is 0.468 e. The maximum Gasteiger partial charge on any atom is 0.422 e. The van der Waals surface area contributed by atoms with Crippen LogP contribution in [0.2, 0.25) is 0 Å². The van der Waals surface area contributed by atoms with Gasteiger partial charge in [-0.1, -0.05) is 6.07 Å². The van der Waals surface area contributed by atoms with Crippen molar-refractivity contribution < 1.29 is 17.9 Å². The molecular formula is C13H12F3N3O. The van der Waals surface area contributed by atoms with E-state index in [1.54, 1.807) is 12.3 Å². The lowest BCUT2D eigenvalue weighted by Gasteiger charge is -2.09. The topological polar surface area (TPSA) is 47.0 Å². The Morgan fingerprint density at radius 1 is 1.10 bits per heavy atom. The highest BCUT2D eigenvalue weighted by Crippen LogP contribution is 2.18. The Hall–Kier alpha value is -2.31. The zero-order valence-corrected chi connectivity index (χ0v) is 10.4. The number of nitrogens with one attached hydrogen (secondary N) is 1. The van der Waals surface area contributed by atoms with Crippen LogP contribution in [-0.4, -0.2) is 22.8 Å². The second-order valence-electron chi connectivity index (χ2n) is 3.96. The van der Waals surface area contributed by atoms with Gasteiger partial charge in [0, 0.05) is 12.3 Å². The van der Waals surface area contributed by atoms with Crippen molar-refractivity contribution >= 4 is 5.69 Å². The average molecular weight is 283 g/mol. The maximum atomic E-state index is 12.0. The Bertz CT molecular complexity index is 529. The van der Waals surface area contributed by atoms with Crippen LogP contribution in [0.15, 0.2) is 42.7 Å². The van der Waals surface area contributed by atoms with Gasteiger partial charge in [-0.25, -0.2) is 4.98 Å². The van der Waals surface area contributed by atoms with Gasteiger partial charge in [-0.05, 0) is 18.2 Å². The fraction of sp³-hybridized carbons (Fsp3) is 0.231. The molecule has 2 aromatic rings. The van der Waals surface area contributed by atoms with Crippen molar-refractivity contribution in [2.24, 2.45) is 0 Å². The second-order valence-corrected chi connectivity index (χ2v) is 3.96. The van der Waals surface area contributed by atoms with Gasteiger partial charge in [0.1, 0.15) is 0 Å². The van der Waals surface area contributed by atoms with Crippen LogP contribution in [-0.2, 0) is 6.54 Å². The molecule has 0 bridgehead atoms. The lowest BCUT2D eigenvalue weighted by molar-refractivity contribution is -0.154. The van der Waals surface area contributed by atoms with Crippen molar-refractivity contribution in [2.75, 3.05) is 11.9 Å². The number of pyridine rings is 2. The third-order valence-corrected chi connectivity index (χ3v) is 2.32. The number of aromatic nitrogens is 2. The quantitative estimate of drug-likeness (QED) is 0.916. The molecule has 20 heavy (non-hydrogen) atoms. The van der Waals surface area contributed by atoms with E-state index in [4.69, 9.17) is 0 Å². The fourth-order valence-electron chi connectivity index (χ4n) is 1.42. The first kappa shape index (κ1) is 14.1. The first-order chi connectivity index (χ1) is 9.53. The number of hydrogen-bond acceptors (Lipinski definition) is 4. The molecule has 2 rings (SSSR count). The second kappa shape index (κ2) is 6.23. The SMILES string of the molecule is FC(F)(F)COc1ccc(NCc2ccccn2)cn1. The summed E-state index contributed by atoms with van der Waals surface area (Å²) in [5.41, 5.74) is 1.53. The number of alkyl halides is 3. The predicted octanol–water partition coefficient (Wildman–Crippen LogP) is 3.03. The van der Waals surface area contributed by atoms with E-state index in [2.05, 4.69) is 20.0 Å². The van der Waals surface area contributed by atoms with E-state index in [0.29, 0.717) is 12.2 Å². The molecule has 0 amide bonds. The molecule has 2 heterocycles. The molecule has 0 fully saturated rings. The molecule has 0 aliphatic heterocycles. The molecule has 0 aliphatic carbocycles. The van der Waals surface area contributed by atoms with Crippen molar-refractivity contribution in [3.63, 3.8) is 0 Å². The summed E-state index contributed by atoms with van der Waals surface area (Å²) >= 11 is 0. The summed E-state index contributed by atoms with van der Waals surface area (Å²) in [7, 11) is 0. The summed E-state index contributed by atoms with van der Waals surface area (Å²) in [6, 6.07) is 8.53. The van der Waals surface area contributed by atoms with Crippen LogP contribution in [0.1, 0.15) is 5.69 Å². The number of hydrogen-bond donors (Lipinski definition) is 1. The van der Waals surface area contributed by atoms with Gasteiger partial charge in [-0.2, -0.15) is 13.2 Å². The Labute approximate surface area is 113 Å². The standard InChI is InChI=1S/C13H12F3N3O/c14-13(15,16)9-20-12-5-4-11(8-19-12)18-7-10-3-1-2-6-17-10/h1-6,8,18H,7,9H2. The molecule has 0 spiro atoms. The number of rotatable bonds is 5. The molecule has 1 N–H and O–H groups in total. The van der Waals surface area contributed by atoms with Crippen molar-refractivity contribution in [1.82, 2.24) is 9.97 Å². The normalized spacial score (nSPS) is 11.2.